The van der Waals surface area contributed by atoms with Crippen LogP contribution in [0.25, 0.3) is 0 Å². The summed E-state index contributed by atoms with van der Waals surface area (Å²) >= 11 is 0. The monoisotopic (exact) mass is 429 g/mol. The third kappa shape index (κ3) is 5.08. The standard InChI is InChI=1S/C26H27N3O3/c1-18(29-16-6-5-9-24(29)30)26(32)28-21-12-10-19(11-13-21)17-22-14-15-23(27-22)25(31)20-7-3-2-4-8-20/h2-4,6-8,10-13,16,18,22-23,25,27,31H,14-15,17H2,1H3,(H,28,32). The second-order valence-corrected chi connectivity index (χ2v) is 8.27. The lowest BCUT2D eigenvalue weighted by atomic mass is 10.0. The van der Waals surface area contributed by atoms with Gasteiger partial charge >= 0.3 is 5.56 Å². The first-order valence-electron chi connectivity index (χ1n) is 10.9. The minimum atomic E-state index is -0.649. The molecule has 164 valence electrons. The summed E-state index contributed by atoms with van der Waals surface area (Å²) in [4.78, 5) is 24.4. The third-order valence-electron chi connectivity index (χ3n) is 6.03. The highest BCUT2D eigenvalue weighted by molar-refractivity contribution is 5.93. The van der Waals surface area contributed by atoms with Gasteiger partial charge in [-0.1, -0.05) is 48.5 Å². The number of anilines is 1. The molecule has 32 heavy (non-hydrogen) atoms. The molecule has 2 heterocycles. The first-order chi connectivity index (χ1) is 15.5. The van der Waals surface area contributed by atoms with Gasteiger partial charge in [-0.2, -0.15) is 0 Å². The van der Waals surface area contributed by atoms with Crippen LogP contribution in [-0.4, -0.2) is 27.7 Å². The molecule has 3 N–H and O–H groups in total. The molecule has 0 spiro atoms. The number of aliphatic hydroxyl groups excluding tert-OH is 1. The van der Waals surface area contributed by atoms with Crippen LogP contribution in [0.2, 0.25) is 0 Å². The van der Waals surface area contributed by atoms with Gasteiger partial charge in [0.25, 0.3) is 0 Å². The van der Waals surface area contributed by atoms with Gasteiger partial charge in [0.15, 0.2) is 0 Å². The summed E-state index contributed by atoms with van der Waals surface area (Å²) in [5.74, 6) is -0.269. The number of carbonyl (C=O) groups excluding carboxylic acids is 1. The fourth-order valence-corrected chi connectivity index (χ4v) is 4.18. The lowest BCUT2D eigenvalue weighted by Crippen LogP contribution is -2.35. The fourth-order valence-electron chi connectivity index (χ4n) is 4.18. The van der Waals surface area contributed by atoms with Crippen molar-refractivity contribution >= 4 is 11.6 Å². The van der Waals surface area contributed by atoms with Crippen molar-refractivity contribution in [3.8, 4) is 0 Å². The van der Waals surface area contributed by atoms with E-state index in [-0.39, 0.29) is 17.5 Å². The molecule has 3 aromatic rings. The van der Waals surface area contributed by atoms with E-state index in [1.807, 2.05) is 54.6 Å². The van der Waals surface area contributed by atoms with Crippen LogP contribution in [0.1, 0.15) is 43.0 Å². The van der Waals surface area contributed by atoms with E-state index in [1.165, 1.54) is 10.8 Å². The molecule has 1 saturated heterocycles. The van der Waals surface area contributed by atoms with Gasteiger partial charge in [-0.3, -0.25) is 14.2 Å². The highest BCUT2D eigenvalue weighted by Crippen LogP contribution is 2.27. The Morgan fingerprint density at radius 3 is 2.66 bits per heavy atom. The van der Waals surface area contributed by atoms with Crippen molar-refractivity contribution in [3.05, 3.63) is 100 Å². The Balaban J connectivity index is 1.31. The molecule has 0 saturated carbocycles. The van der Waals surface area contributed by atoms with Gasteiger partial charge in [-0.25, -0.2) is 0 Å². The van der Waals surface area contributed by atoms with Crippen LogP contribution in [0, 0.1) is 12.1 Å². The van der Waals surface area contributed by atoms with Crippen molar-refractivity contribution in [2.45, 2.75) is 50.4 Å². The van der Waals surface area contributed by atoms with E-state index in [0.29, 0.717) is 11.7 Å². The van der Waals surface area contributed by atoms with Crippen molar-refractivity contribution in [2.24, 2.45) is 0 Å². The number of amides is 1. The molecule has 4 unspecified atom stereocenters. The molecule has 1 aliphatic heterocycles. The van der Waals surface area contributed by atoms with Gasteiger partial charge in [0.05, 0.1) is 6.10 Å². The van der Waals surface area contributed by atoms with Gasteiger partial charge in [0, 0.05) is 36.1 Å². The van der Waals surface area contributed by atoms with E-state index >= 15 is 0 Å². The molecule has 2 aromatic carbocycles. The normalized spacial score (nSPS) is 19.7. The number of nitrogens with zero attached hydrogens (tertiary/aromatic N) is 1. The average Bonchev–Trinajstić information content (AvgIpc) is 3.28. The number of aliphatic hydroxyl groups is 1. The highest BCUT2D eigenvalue weighted by Gasteiger charge is 2.29. The number of carbonyl (C=O) groups is 1. The van der Waals surface area contributed by atoms with Crippen LogP contribution in [0.4, 0.5) is 5.69 Å². The van der Waals surface area contributed by atoms with Gasteiger partial charge in [-0.05, 0) is 49.4 Å². The molecule has 6 nitrogen and oxygen atoms in total. The first-order valence-corrected chi connectivity index (χ1v) is 10.9. The van der Waals surface area contributed by atoms with Crippen LogP contribution in [0.5, 0.6) is 0 Å². The Labute approximate surface area is 187 Å². The number of benzene rings is 2. The molecule has 1 fully saturated rings. The minimum absolute atomic E-state index is 0.0543. The van der Waals surface area contributed by atoms with Gasteiger partial charge in [0.2, 0.25) is 5.91 Å². The number of hydrogen-bond donors (Lipinski definition) is 3. The summed E-state index contributed by atoms with van der Waals surface area (Å²) in [6.07, 6.45) is 3.82. The lowest BCUT2D eigenvalue weighted by Gasteiger charge is -2.20. The summed E-state index contributed by atoms with van der Waals surface area (Å²) < 4.78 is 1.33. The van der Waals surface area contributed by atoms with Crippen molar-refractivity contribution in [2.75, 3.05) is 5.32 Å². The Hall–Kier alpha value is -3.40. The van der Waals surface area contributed by atoms with E-state index in [9.17, 15) is 14.7 Å². The zero-order valence-electron chi connectivity index (χ0n) is 18.0. The van der Waals surface area contributed by atoms with E-state index in [2.05, 4.69) is 22.8 Å². The smallest absolute Gasteiger partial charge is 0.303 e. The SMILES string of the molecule is CC(C(=O)Nc1ccc(CC2CCC(C(O)c3ccccc3)N2)cc1)n1ccc#cc1=O. The van der Waals surface area contributed by atoms with E-state index in [4.69, 9.17) is 0 Å². The zero-order chi connectivity index (χ0) is 22.5. The molecular formula is C26H27N3O3. The molecule has 0 radical (unpaired) electrons. The summed E-state index contributed by atoms with van der Waals surface area (Å²) in [6.45, 7) is 1.67. The van der Waals surface area contributed by atoms with E-state index in [0.717, 1.165) is 30.4 Å². The summed E-state index contributed by atoms with van der Waals surface area (Å²) in [5.41, 5.74) is 2.40. The predicted molar refractivity (Wildman–Crippen MR) is 123 cm³/mol. The predicted octanol–water partition coefficient (Wildman–Crippen LogP) is 3.05. The Morgan fingerprint density at radius 1 is 1.19 bits per heavy atom. The molecular weight excluding hydrogens is 402 g/mol. The van der Waals surface area contributed by atoms with Crippen molar-refractivity contribution in [1.29, 1.82) is 0 Å². The van der Waals surface area contributed by atoms with Crippen LogP contribution < -0.4 is 16.2 Å². The highest BCUT2D eigenvalue weighted by atomic mass is 16.3. The quantitative estimate of drug-likeness (QED) is 0.539. The molecule has 4 rings (SSSR count). The second kappa shape index (κ2) is 9.82. The van der Waals surface area contributed by atoms with Crippen LogP contribution in [0.15, 0.2) is 71.7 Å². The minimum Gasteiger partial charge on any atom is -0.387 e. The van der Waals surface area contributed by atoms with Gasteiger partial charge < -0.3 is 15.7 Å². The number of nitrogens with one attached hydrogen (secondary N) is 2. The van der Waals surface area contributed by atoms with Crippen LogP contribution in [0.3, 0.4) is 0 Å². The van der Waals surface area contributed by atoms with E-state index < -0.39 is 12.1 Å². The van der Waals surface area contributed by atoms with Gasteiger partial charge in [-0.15, -0.1) is 0 Å². The summed E-state index contributed by atoms with van der Waals surface area (Å²) in [7, 11) is 0. The molecule has 1 aliphatic rings. The molecule has 1 aromatic heterocycles. The van der Waals surface area contributed by atoms with Crippen LogP contribution in [-0.2, 0) is 11.2 Å². The third-order valence-corrected chi connectivity index (χ3v) is 6.03. The van der Waals surface area contributed by atoms with E-state index in [1.54, 1.807) is 13.0 Å². The molecule has 4 atom stereocenters. The lowest BCUT2D eigenvalue weighted by molar-refractivity contribution is -0.118. The maximum absolute atomic E-state index is 12.5. The maximum Gasteiger partial charge on any atom is 0.303 e. The Bertz CT molecular complexity index is 1100. The van der Waals surface area contributed by atoms with Gasteiger partial charge in [0.1, 0.15) is 6.04 Å². The second-order valence-electron chi connectivity index (χ2n) is 8.27. The number of aromatic nitrogens is 1. The summed E-state index contributed by atoms with van der Waals surface area (Å²) in [6, 6.07) is 23.8. The Morgan fingerprint density at radius 2 is 1.94 bits per heavy atom. The molecule has 6 heteroatoms. The number of rotatable bonds is 7. The van der Waals surface area contributed by atoms with Crippen molar-refractivity contribution < 1.29 is 9.90 Å². The van der Waals surface area contributed by atoms with Crippen molar-refractivity contribution in [1.82, 2.24) is 9.88 Å². The Kier molecular flexibility index (Phi) is 6.69. The molecule has 0 bridgehead atoms. The molecule has 1 amide bonds. The van der Waals surface area contributed by atoms with Crippen LogP contribution >= 0.6 is 0 Å². The van der Waals surface area contributed by atoms with Crippen molar-refractivity contribution in [3.63, 3.8) is 0 Å². The topological polar surface area (TPSA) is 83.4 Å². The largest absolute Gasteiger partial charge is 0.387 e. The number of hydrogen-bond acceptors (Lipinski definition) is 4. The molecule has 0 aliphatic carbocycles. The zero-order valence-corrected chi connectivity index (χ0v) is 18.0. The maximum atomic E-state index is 12.5. The summed E-state index contributed by atoms with van der Waals surface area (Å²) in [5, 5.41) is 17.1. The average molecular weight is 430 g/mol. The fraction of sp³-hybridized carbons (Fsp3) is 0.308. The first kappa shape index (κ1) is 21.8.